The molecular formula is C6H9Al2O6. The van der Waals surface area contributed by atoms with Gasteiger partial charge in [-0.2, -0.15) is 0 Å². The molecule has 0 aromatic rings. The van der Waals surface area contributed by atoms with Crippen molar-refractivity contribution in [3.05, 3.63) is 0 Å². The van der Waals surface area contributed by atoms with Gasteiger partial charge in [-0.3, -0.25) is 14.4 Å². The van der Waals surface area contributed by atoms with E-state index in [1.54, 1.807) is 0 Å². The van der Waals surface area contributed by atoms with Crippen LogP contribution >= 0.6 is 0 Å². The molecule has 0 aliphatic rings. The molecule has 75 valence electrons. The van der Waals surface area contributed by atoms with Crippen molar-refractivity contribution < 1.29 is 25.7 Å². The third-order valence-electron chi connectivity index (χ3n) is 0.787. The Hall–Kier alpha value is -0.525. The summed E-state index contributed by atoms with van der Waals surface area (Å²) >= 11 is -2.96. The summed E-state index contributed by atoms with van der Waals surface area (Å²) in [5, 5.41) is 0. The maximum absolute atomic E-state index is 10.4. The highest BCUT2D eigenvalue weighted by atomic mass is 27.3. The average molecular weight is 231 g/mol. The second kappa shape index (κ2) is 7.84. The SMILES string of the molecule is CC(=O)[O][Al]([O]C(C)=O)[O]C(C)=O.[Al]. The van der Waals surface area contributed by atoms with Gasteiger partial charge < -0.3 is 11.4 Å². The second-order valence-electron chi connectivity index (χ2n) is 2.12. The first-order chi connectivity index (χ1) is 5.91. The molecule has 3 radical (unpaired) electrons. The van der Waals surface area contributed by atoms with Crippen molar-refractivity contribution in [1.82, 2.24) is 0 Å². The van der Waals surface area contributed by atoms with Crippen molar-refractivity contribution in [2.75, 3.05) is 0 Å². The van der Waals surface area contributed by atoms with E-state index < -0.39 is 33.1 Å². The van der Waals surface area contributed by atoms with Gasteiger partial charge in [0.05, 0.1) is 0 Å². The Kier molecular flexibility index (Phi) is 8.92. The van der Waals surface area contributed by atoms with Gasteiger partial charge in [-0.1, -0.05) is 0 Å². The smallest absolute Gasteiger partial charge is 0.551 e. The minimum Gasteiger partial charge on any atom is -0.551 e. The standard InChI is InChI=1S/3C2H4O2.2Al/c3*1-2(3)4;;/h3*1H3,(H,3,4);;/q;;;;+3/p-3. The Morgan fingerprint density at radius 3 is 1.14 bits per heavy atom. The number of carbonyl (C=O) groups excluding carboxylic acids is 3. The Morgan fingerprint density at radius 2 is 1.00 bits per heavy atom. The highest BCUT2D eigenvalue weighted by Gasteiger charge is 2.47. The lowest BCUT2D eigenvalue weighted by Crippen LogP contribution is -2.32. The summed E-state index contributed by atoms with van der Waals surface area (Å²) in [6.07, 6.45) is 0. The molecule has 0 aliphatic heterocycles. The highest BCUT2D eigenvalue weighted by Crippen LogP contribution is 1.94. The van der Waals surface area contributed by atoms with Gasteiger partial charge >= 0.3 is 15.1 Å². The molecular weight excluding hydrogens is 222 g/mol. The van der Waals surface area contributed by atoms with Crippen molar-refractivity contribution in [3.63, 3.8) is 0 Å². The van der Waals surface area contributed by atoms with Crippen LogP contribution in [0.4, 0.5) is 0 Å². The van der Waals surface area contributed by atoms with Gasteiger partial charge in [0, 0.05) is 38.1 Å². The fourth-order valence-corrected chi connectivity index (χ4v) is 1.44. The largest absolute Gasteiger partial charge is 1.20 e. The van der Waals surface area contributed by atoms with E-state index in [4.69, 9.17) is 0 Å². The number of hydrogen-bond acceptors (Lipinski definition) is 6. The van der Waals surface area contributed by atoms with Crippen molar-refractivity contribution in [1.29, 1.82) is 0 Å². The summed E-state index contributed by atoms with van der Waals surface area (Å²) in [7, 11) is 0. The third-order valence-corrected chi connectivity index (χ3v) is 2.36. The summed E-state index contributed by atoms with van der Waals surface area (Å²) in [4.78, 5) is 31.3. The Balaban J connectivity index is 0. The monoisotopic (exact) mass is 231 g/mol. The maximum Gasteiger partial charge on any atom is 1.20 e. The van der Waals surface area contributed by atoms with Crippen LogP contribution in [-0.2, 0) is 25.7 Å². The van der Waals surface area contributed by atoms with E-state index in [0.717, 1.165) is 20.8 Å². The van der Waals surface area contributed by atoms with Crippen LogP contribution in [-0.4, -0.2) is 50.4 Å². The number of rotatable bonds is 3. The molecule has 0 bridgehead atoms. The molecule has 0 spiro atoms. The molecule has 6 nitrogen and oxygen atoms in total. The van der Waals surface area contributed by atoms with Gasteiger partial charge in [0.25, 0.3) is 17.9 Å². The van der Waals surface area contributed by atoms with Gasteiger partial charge in [0.2, 0.25) is 0 Å². The van der Waals surface area contributed by atoms with E-state index in [1.807, 2.05) is 0 Å². The van der Waals surface area contributed by atoms with E-state index in [0.29, 0.717) is 0 Å². The summed E-state index contributed by atoms with van der Waals surface area (Å²) in [5.41, 5.74) is 0. The Morgan fingerprint density at radius 1 is 0.786 bits per heavy atom. The zero-order valence-electron chi connectivity index (χ0n) is 8.10. The van der Waals surface area contributed by atoms with Crippen LogP contribution in [0.2, 0.25) is 0 Å². The van der Waals surface area contributed by atoms with Gasteiger partial charge in [-0.05, 0) is 0 Å². The van der Waals surface area contributed by atoms with Gasteiger partial charge in [0.1, 0.15) is 0 Å². The first kappa shape index (κ1) is 15.9. The third kappa shape index (κ3) is 9.56. The highest BCUT2D eigenvalue weighted by molar-refractivity contribution is 6.43. The van der Waals surface area contributed by atoms with E-state index >= 15 is 0 Å². The quantitative estimate of drug-likeness (QED) is 0.596. The van der Waals surface area contributed by atoms with E-state index in [1.165, 1.54) is 0 Å². The first-order valence-corrected chi connectivity index (χ1v) is 4.85. The predicted octanol–water partition coefficient (Wildman–Crippen LogP) is -0.720. The summed E-state index contributed by atoms with van der Waals surface area (Å²) < 4.78 is 13.5. The molecule has 0 heterocycles. The Labute approximate surface area is 97.0 Å². The van der Waals surface area contributed by atoms with Crippen LogP contribution in [0.5, 0.6) is 0 Å². The first-order valence-electron chi connectivity index (χ1n) is 3.43. The summed E-state index contributed by atoms with van der Waals surface area (Å²) in [5.74, 6) is -1.96. The molecule has 14 heavy (non-hydrogen) atoms. The zero-order valence-corrected chi connectivity index (χ0v) is 10.4. The minimum atomic E-state index is -2.96. The zero-order chi connectivity index (χ0) is 10.4. The van der Waals surface area contributed by atoms with Crippen LogP contribution in [0.15, 0.2) is 0 Å². The minimum absolute atomic E-state index is 0. The molecule has 0 atom stereocenters. The average Bonchev–Trinajstić information content (AvgIpc) is 1.80. The maximum atomic E-state index is 10.4. The lowest BCUT2D eigenvalue weighted by Gasteiger charge is -2.08. The fraction of sp³-hybridized carbons (Fsp3) is 0.500. The van der Waals surface area contributed by atoms with Crippen molar-refractivity contribution >= 4 is 50.4 Å². The molecule has 0 unspecified atom stereocenters. The van der Waals surface area contributed by atoms with Crippen LogP contribution in [0, 0.1) is 0 Å². The fourth-order valence-electron chi connectivity index (χ4n) is 0.479. The molecule has 0 N–H and O–H groups in total. The molecule has 8 heteroatoms. The number of carbonyl (C=O) groups is 3. The molecule has 0 aromatic heterocycles. The lowest BCUT2D eigenvalue weighted by molar-refractivity contribution is -0.144. The van der Waals surface area contributed by atoms with E-state index in [9.17, 15) is 14.4 Å². The normalized spacial score (nSPS) is 7.93. The topological polar surface area (TPSA) is 78.9 Å². The van der Waals surface area contributed by atoms with E-state index in [-0.39, 0.29) is 17.4 Å². The van der Waals surface area contributed by atoms with Crippen LogP contribution in [0.3, 0.4) is 0 Å². The van der Waals surface area contributed by atoms with E-state index in [2.05, 4.69) is 11.4 Å². The van der Waals surface area contributed by atoms with Crippen molar-refractivity contribution in [2.45, 2.75) is 20.8 Å². The molecule has 0 amide bonds. The van der Waals surface area contributed by atoms with Crippen LogP contribution in [0.1, 0.15) is 20.8 Å². The predicted molar refractivity (Wildman–Crippen MR) is 46.8 cm³/mol. The molecule has 0 fully saturated rings. The molecule has 0 rings (SSSR count). The van der Waals surface area contributed by atoms with Gasteiger partial charge in [0.15, 0.2) is 0 Å². The summed E-state index contributed by atoms with van der Waals surface area (Å²) in [6.45, 7) is 3.40. The van der Waals surface area contributed by atoms with Crippen molar-refractivity contribution in [2.24, 2.45) is 0 Å². The molecule has 0 aromatic carbocycles. The summed E-state index contributed by atoms with van der Waals surface area (Å²) in [6, 6.07) is 0. The molecule has 0 aliphatic carbocycles. The molecule has 0 saturated heterocycles. The lowest BCUT2D eigenvalue weighted by atomic mass is 10.9. The molecule has 0 saturated carbocycles. The van der Waals surface area contributed by atoms with Crippen molar-refractivity contribution in [3.8, 4) is 0 Å². The number of hydrogen-bond donors (Lipinski definition) is 0. The second-order valence-corrected chi connectivity index (χ2v) is 3.40. The van der Waals surface area contributed by atoms with Gasteiger partial charge in [-0.25, -0.2) is 0 Å². The van der Waals surface area contributed by atoms with Crippen LogP contribution < -0.4 is 0 Å². The Bertz CT molecular complexity index is 190. The van der Waals surface area contributed by atoms with Crippen LogP contribution in [0.25, 0.3) is 0 Å². The van der Waals surface area contributed by atoms with Gasteiger partial charge in [-0.15, -0.1) is 0 Å².